The Morgan fingerprint density at radius 1 is 1.09 bits per heavy atom. The summed E-state index contributed by atoms with van der Waals surface area (Å²) >= 11 is 0. The highest BCUT2D eigenvalue weighted by Gasteiger charge is 2.16. The third-order valence-electron chi connectivity index (χ3n) is 3.39. The summed E-state index contributed by atoms with van der Waals surface area (Å²) in [6.07, 6.45) is 0. The van der Waals surface area contributed by atoms with E-state index in [1.807, 2.05) is 61.5 Å². The van der Waals surface area contributed by atoms with Gasteiger partial charge in [0.2, 0.25) is 0 Å². The summed E-state index contributed by atoms with van der Waals surface area (Å²) in [5.74, 6) is 6.04. The van der Waals surface area contributed by atoms with Gasteiger partial charge >= 0.3 is 0 Å². The molecule has 22 heavy (non-hydrogen) atoms. The van der Waals surface area contributed by atoms with Crippen molar-refractivity contribution in [3.63, 3.8) is 0 Å². The number of benzene rings is 2. The standard InChI is InChI=1S/C19H15NO2/c1-14-16-11-5-6-12-17(16)22-18(14)19(21)20-13-7-10-15-8-3-2-4-9-15/h2-6,8-9,11-12H,13H2,1H3,(H,20,21). The van der Waals surface area contributed by atoms with Crippen molar-refractivity contribution < 1.29 is 9.21 Å². The normalized spacial score (nSPS) is 10.0. The van der Waals surface area contributed by atoms with Gasteiger partial charge in [0.25, 0.3) is 5.91 Å². The average Bonchev–Trinajstić information content (AvgIpc) is 2.90. The van der Waals surface area contributed by atoms with Gasteiger partial charge in [-0.1, -0.05) is 48.2 Å². The zero-order valence-electron chi connectivity index (χ0n) is 12.2. The Morgan fingerprint density at radius 2 is 1.82 bits per heavy atom. The van der Waals surface area contributed by atoms with Crippen LogP contribution in [0.2, 0.25) is 0 Å². The maximum Gasteiger partial charge on any atom is 0.288 e. The lowest BCUT2D eigenvalue weighted by molar-refractivity contribution is 0.0932. The van der Waals surface area contributed by atoms with Gasteiger partial charge in [0.1, 0.15) is 5.58 Å². The van der Waals surface area contributed by atoms with Gasteiger partial charge in [-0.15, -0.1) is 0 Å². The minimum absolute atomic E-state index is 0.240. The Hall–Kier alpha value is -2.99. The number of fused-ring (bicyclic) bond motifs is 1. The average molecular weight is 289 g/mol. The van der Waals surface area contributed by atoms with Crippen molar-refractivity contribution >= 4 is 16.9 Å². The van der Waals surface area contributed by atoms with Crippen LogP contribution in [0.1, 0.15) is 21.7 Å². The first-order valence-corrected chi connectivity index (χ1v) is 7.06. The predicted molar refractivity (Wildman–Crippen MR) is 86.6 cm³/mol. The minimum Gasteiger partial charge on any atom is -0.451 e. The summed E-state index contributed by atoms with van der Waals surface area (Å²) in [5.41, 5.74) is 2.50. The van der Waals surface area contributed by atoms with Crippen LogP contribution < -0.4 is 5.32 Å². The summed E-state index contributed by atoms with van der Waals surface area (Å²) in [6.45, 7) is 2.17. The number of amides is 1. The van der Waals surface area contributed by atoms with Gasteiger partial charge in [-0.3, -0.25) is 4.79 Å². The molecule has 3 rings (SSSR count). The number of carbonyl (C=O) groups is 1. The molecule has 0 unspecified atom stereocenters. The van der Waals surface area contributed by atoms with E-state index >= 15 is 0 Å². The Balaban J connectivity index is 1.69. The van der Waals surface area contributed by atoms with Gasteiger partial charge < -0.3 is 9.73 Å². The van der Waals surface area contributed by atoms with E-state index in [0.717, 1.165) is 22.1 Å². The summed E-state index contributed by atoms with van der Waals surface area (Å²) in [5, 5.41) is 3.73. The van der Waals surface area contributed by atoms with Gasteiger partial charge in [-0.05, 0) is 25.1 Å². The van der Waals surface area contributed by atoms with Crippen molar-refractivity contribution in [2.75, 3.05) is 6.54 Å². The smallest absolute Gasteiger partial charge is 0.288 e. The van der Waals surface area contributed by atoms with E-state index < -0.39 is 0 Å². The fourth-order valence-electron chi connectivity index (χ4n) is 2.26. The first-order chi connectivity index (χ1) is 10.8. The van der Waals surface area contributed by atoms with E-state index in [0.29, 0.717) is 5.76 Å². The van der Waals surface area contributed by atoms with E-state index in [2.05, 4.69) is 17.2 Å². The molecule has 1 N–H and O–H groups in total. The summed E-state index contributed by atoms with van der Waals surface area (Å²) < 4.78 is 5.62. The van der Waals surface area contributed by atoms with Crippen molar-refractivity contribution in [3.05, 3.63) is 71.5 Å². The third kappa shape index (κ3) is 2.87. The van der Waals surface area contributed by atoms with Gasteiger partial charge in [-0.2, -0.15) is 0 Å². The molecule has 1 heterocycles. The molecule has 2 aromatic carbocycles. The SMILES string of the molecule is Cc1c(C(=O)NCC#Cc2ccccc2)oc2ccccc12. The highest BCUT2D eigenvalue weighted by Crippen LogP contribution is 2.24. The number of aryl methyl sites for hydroxylation is 1. The van der Waals surface area contributed by atoms with E-state index in [-0.39, 0.29) is 12.5 Å². The predicted octanol–water partition coefficient (Wildman–Crippen LogP) is 3.52. The number of hydrogen-bond donors (Lipinski definition) is 1. The van der Waals surface area contributed by atoms with E-state index in [1.54, 1.807) is 0 Å². The van der Waals surface area contributed by atoms with Crippen LogP contribution >= 0.6 is 0 Å². The molecule has 1 amide bonds. The van der Waals surface area contributed by atoms with Crippen molar-refractivity contribution in [1.82, 2.24) is 5.32 Å². The molecule has 3 aromatic rings. The highest BCUT2D eigenvalue weighted by atomic mass is 16.3. The topological polar surface area (TPSA) is 42.2 Å². The van der Waals surface area contributed by atoms with Crippen LogP contribution in [-0.4, -0.2) is 12.5 Å². The fourth-order valence-corrected chi connectivity index (χ4v) is 2.26. The lowest BCUT2D eigenvalue weighted by Crippen LogP contribution is -2.23. The van der Waals surface area contributed by atoms with Crippen LogP contribution in [0.25, 0.3) is 11.0 Å². The molecule has 0 saturated carbocycles. The molecule has 108 valence electrons. The molecule has 3 heteroatoms. The maximum absolute atomic E-state index is 12.2. The molecular formula is C19H15NO2. The molecule has 0 aliphatic heterocycles. The van der Waals surface area contributed by atoms with Gasteiger partial charge in [0.15, 0.2) is 5.76 Å². The zero-order valence-corrected chi connectivity index (χ0v) is 12.2. The van der Waals surface area contributed by atoms with Crippen molar-refractivity contribution in [1.29, 1.82) is 0 Å². The first kappa shape index (κ1) is 14.0. The third-order valence-corrected chi connectivity index (χ3v) is 3.39. The molecule has 0 radical (unpaired) electrons. The first-order valence-electron chi connectivity index (χ1n) is 7.06. The summed E-state index contributed by atoms with van der Waals surface area (Å²) in [6, 6.07) is 17.3. The molecule has 0 bridgehead atoms. The number of hydrogen-bond acceptors (Lipinski definition) is 2. The van der Waals surface area contributed by atoms with E-state index in [4.69, 9.17) is 4.42 Å². The largest absolute Gasteiger partial charge is 0.451 e. The molecule has 1 aromatic heterocycles. The van der Waals surface area contributed by atoms with Gasteiger partial charge in [-0.25, -0.2) is 0 Å². The molecular weight excluding hydrogens is 274 g/mol. The maximum atomic E-state index is 12.2. The second kappa shape index (κ2) is 6.19. The Morgan fingerprint density at radius 3 is 2.59 bits per heavy atom. The quantitative estimate of drug-likeness (QED) is 0.733. The number of rotatable bonds is 2. The molecule has 0 aliphatic carbocycles. The zero-order chi connectivity index (χ0) is 15.4. The number of carbonyl (C=O) groups excluding carboxylic acids is 1. The minimum atomic E-state index is -0.240. The van der Waals surface area contributed by atoms with Crippen LogP contribution in [0.3, 0.4) is 0 Å². The lowest BCUT2D eigenvalue weighted by atomic mass is 10.1. The summed E-state index contributed by atoms with van der Waals surface area (Å²) in [7, 11) is 0. The number of furan rings is 1. The van der Waals surface area contributed by atoms with Crippen LogP contribution in [0.15, 0.2) is 59.0 Å². The van der Waals surface area contributed by atoms with Crippen LogP contribution in [0.5, 0.6) is 0 Å². The molecule has 0 fully saturated rings. The second-order valence-electron chi connectivity index (χ2n) is 4.90. The van der Waals surface area contributed by atoms with Crippen molar-refractivity contribution in [2.45, 2.75) is 6.92 Å². The van der Waals surface area contributed by atoms with Crippen LogP contribution in [-0.2, 0) is 0 Å². The lowest BCUT2D eigenvalue weighted by Gasteiger charge is -1.98. The van der Waals surface area contributed by atoms with Crippen molar-refractivity contribution in [2.24, 2.45) is 0 Å². The summed E-state index contributed by atoms with van der Waals surface area (Å²) in [4.78, 5) is 12.2. The fraction of sp³-hybridized carbons (Fsp3) is 0.105. The van der Waals surface area contributed by atoms with E-state index in [9.17, 15) is 4.79 Å². The molecule has 0 aliphatic rings. The van der Waals surface area contributed by atoms with Crippen molar-refractivity contribution in [3.8, 4) is 11.8 Å². The Labute approximate surface area is 128 Å². The number of nitrogens with one attached hydrogen (secondary N) is 1. The second-order valence-corrected chi connectivity index (χ2v) is 4.90. The van der Waals surface area contributed by atoms with Gasteiger partial charge in [0.05, 0.1) is 6.54 Å². The molecule has 0 saturated heterocycles. The van der Waals surface area contributed by atoms with Crippen LogP contribution in [0.4, 0.5) is 0 Å². The molecule has 0 spiro atoms. The van der Waals surface area contributed by atoms with Crippen LogP contribution in [0, 0.1) is 18.8 Å². The Bertz CT molecular complexity index is 867. The number of para-hydroxylation sites is 1. The molecule has 0 atom stereocenters. The highest BCUT2D eigenvalue weighted by molar-refractivity contribution is 5.98. The molecule has 3 nitrogen and oxygen atoms in total. The van der Waals surface area contributed by atoms with E-state index in [1.165, 1.54) is 0 Å². The van der Waals surface area contributed by atoms with Gasteiger partial charge in [0, 0.05) is 16.5 Å². The Kier molecular flexibility index (Phi) is 3.93. The monoisotopic (exact) mass is 289 g/mol.